The van der Waals surface area contributed by atoms with Crippen LogP contribution in [0.1, 0.15) is 25.3 Å². The molecular weight excluding hydrogens is 272 g/mol. The van der Waals surface area contributed by atoms with Crippen molar-refractivity contribution in [2.45, 2.75) is 25.4 Å². The topological polar surface area (TPSA) is 86.6 Å². The van der Waals surface area contributed by atoms with Gasteiger partial charge in [-0.15, -0.1) is 0 Å². The first-order valence-electron chi connectivity index (χ1n) is 5.84. The second-order valence-electron chi connectivity index (χ2n) is 4.65. The molecule has 0 aliphatic rings. The zero-order valence-corrected chi connectivity index (χ0v) is 11.0. The minimum absolute atomic E-state index is 0.403. The van der Waals surface area contributed by atoms with E-state index in [-0.39, 0.29) is 0 Å². The van der Waals surface area contributed by atoms with Crippen molar-refractivity contribution in [3.05, 3.63) is 35.4 Å². The van der Waals surface area contributed by atoms with Crippen molar-refractivity contribution in [1.82, 2.24) is 5.32 Å². The van der Waals surface area contributed by atoms with Gasteiger partial charge in [-0.2, -0.15) is 0 Å². The van der Waals surface area contributed by atoms with Crippen LogP contribution in [0.25, 0.3) is 0 Å². The number of carbonyl (C=O) groups excluding carboxylic acids is 1. The first-order valence-corrected chi connectivity index (χ1v) is 5.84. The molecule has 2 atom stereocenters. The minimum atomic E-state index is -2.15. The van der Waals surface area contributed by atoms with E-state index < -0.39 is 47.1 Å². The number of hydrogen-bond acceptors (Lipinski definition) is 3. The Bertz CT molecular complexity index is 511. The molecule has 0 aliphatic heterocycles. The van der Waals surface area contributed by atoms with Crippen molar-refractivity contribution < 1.29 is 28.6 Å². The minimum Gasteiger partial charge on any atom is -0.479 e. The van der Waals surface area contributed by atoms with Gasteiger partial charge in [0.2, 0.25) is 5.91 Å². The zero-order chi connectivity index (χ0) is 15.5. The smallest absolute Gasteiger partial charge is 0.337 e. The summed E-state index contributed by atoms with van der Waals surface area (Å²) in [7, 11) is 0. The molecule has 0 heterocycles. The number of amides is 1. The van der Waals surface area contributed by atoms with Crippen LogP contribution in [0.15, 0.2) is 18.2 Å². The lowest BCUT2D eigenvalue weighted by Gasteiger charge is -2.20. The maximum atomic E-state index is 13.5. The van der Waals surface area contributed by atoms with E-state index in [0.717, 1.165) is 19.1 Å². The number of rotatable bonds is 5. The summed E-state index contributed by atoms with van der Waals surface area (Å²) in [6, 6.07) is 3.22. The van der Waals surface area contributed by atoms with Gasteiger partial charge in [0.25, 0.3) is 0 Å². The van der Waals surface area contributed by atoms with Crippen LogP contribution in [0.4, 0.5) is 8.78 Å². The molecule has 7 heteroatoms. The number of carbonyl (C=O) groups is 2. The van der Waals surface area contributed by atoms with E-state index in [1.807, 2.05) is 0 Å². The molecule has 0 saturated carbocycles. The van der Waals surface area contributed by atoms with E-state index in [9.17, 15) is 23.5 Å². The number of aliphatic hydroxyl groups is 1. The van der Waals surface area contributed by atoms with Gasteiger partial charge in [-0.25, -0.2) is 13.6 Å². The summed E-state index contributed by atoms with van der Waals surface area (Å²) in [5, 5.41) is 20.3. The van der Waals surface area contributed by atoms with Gasteiger partial charge in [0.15, 0.2) is 5.60 Å². The Balaban J connectivity index is 2.81. The number of benzene rings is 1. The van der Waals surface area contributed by atoms with Crippen LogP contribution in [-0.4, -0.2) is 34.2 Å². The van der Waals surface area contributed by atoms with E-state index in [1.54, 1.807) is 0 Å². The highest BCUT2D eigenvalue weighted by molar-refractivity contribution is 5.84. The van der Waals surface area contributed by atoms with E-state index in [1.165, 1.54) is 13.0 Å². The summed E-state index contributed by atoms with van der Waals surface area (Å²) in [6.07, 6.45) is 0. The van der Waals surface area contributed by atoms with Gasteiger partial charge in [0.1, 0.15) is 11.6 Å². The van der Waals surface area contributed by atoms with Gasteiger partial charge in [0.05, 0.1) is 12.5 Å². The number of nitrogens with one attached hydrogen (secondary N) is 1. The summed E-state index contributed by atoms with van der Waals surface area (Å²) in [6.45, 7) is 1.72. The second-order valence-corrected chi connectivity index (χ2v) is 4.65. The summed E-state index contributed by atoms with van der Waals surface area (Å²) in [5.41, 5.74) is -2.55. The third-order valence-electron chi connectivity index (χ3n) is 2.89. The highest BCUT2D eigenvalue weighted by Crippen LogP contribution is 2.22. The molecule has 110 valence electrons. The number of aliphatic carboxylic acids is 1. The van der Waals surface area contributed by atoms with Crippen molar-refractivity contribution in [3.63, 3.8) is 0 Å². The average Bonchev–Trinajstić information content (AvgIpc) is 2.35. The molecule has 0 spiro atoms. The fourth-order valence-corrected chi connectivity index (χ4v) is 1.54. The third kappa shape index (κ3) is 3.51. The SMILES string of the molecule is CC(C(=O)NCC(C)(O)C(=O)O)c1c(F)cccc1F. The summed E-state index contributed by atoms with van der Waals surface area (Å²) < 4.78 is 27.0. The molecule has 2 unspecified atom stereocenters. The van der Waals surface area contributed by atoms with Crippen molar-refractivity contribution >= 4 is 11.9 Å². The lowest BCUT2D eigenvalue weighted by molar-refractivity contribution is -0.156. The molecule has 0 fully saturated rings. The summed E-state index contributed by atoms with van der Waals surface area (Å²) in [4.78, 5) is 22.4. The lowest BCUT2D eigenvalue weighted by Crippen LogP contribution is -2.47. The number of halogens is 2. The summed E-state index contributed by atoms with van der Waals surface area (Å²) in [5.74, 6) is -5.17. The fraction of sp³-hybridized carbons (Fsp3) is 0.385. The van der Waals surface area contributed by atoms with Crippen LogP contribution in [0.3, 0.4) is 0 Å². The molecule has 3 N–H and O–H groups in total. The molecule has 20 heavy (non-hydrogen) atoms. The van der Waals surface area contributed by atoms with E-state index in [4.69, 9.17) is 5.11 Å². The number of carboxylic acids is 1. The van der Waals surface area contributed by atoms with Gasteiger partial charge in [0, 0.05) is 5.56 Å². The molecule has 1 aromatic carbocycles. The number of carboxylic acid groups (broad SMARTS) is 1. The summed E-state index contributed by atoms with van der Waals surface area (Å²) >= 11 is 0. The predicted molar refractivity (Wildman–Crippen MR) is 66.0 cm³/mol. The lowest BCUT2D eigenvalue weighted by atomic mass is 9.98. The van der Waals surface area contributed by atoms with E-state index in [2.05, 4.69) is 5.32 Å². The zero-order valence-electron chi connectivity index (χ0n) is 11.0. The maximum Gasteiger partial charge on any atom is 0.337 e. The van der Waals surface area contributed by atoms with Gasteiger partial charge in [-0.3, -0.25) is 4.79 Å². The molecule has 1 rings (SSSR count). The molecule has 0 bridgehead atoms. The van der Waals surface area contributed by atoms with E-state index in [0.29, 0.717) is 0 Å². The highest BCUT2D eigenvalue weighted by Gasteiger charge is 2.31. The molecule has 0 radical (unpaired) electrons. The van der Waals surface area contributed by atoms with Gasteiger partial charge >= 0.3 is 5.97 Å². The third-order valence-corrected chi connectivity index (χ3v) is 2.89. The maximum absolute atomic E-state index is 13.5. The Kier molecular flexibility index (Phi) is 4.78. The Morgan fingerprint density at radius 3 is 2.30 bits per heavy atom. The van der Waals surface area contributed by atoms with Crippen molar-refractivity contribution in [2.24, 2.45) is 0 Å². The van der Waals surface area contributed by atoms with Gasteiger partial charge in [-0.1, -0.05) is 6.07 Å². The molecule has 0 aromatic heterocycles. The standard InChI is InChI=1S/C13H15F2NO4/c1-7(10-8(14)4-3-5-9(10)15)11(17)16-6-13(2,20)12(18)19/h3-5,7,20H,6H2,1-2H3,(H,16,17)(H,18,19). The van der Waals surface area contributed by atoms with Crippen LogP contribution in [0.2, 0.25) is 0 Å². The molecule has 0 aliphatic carbocycles. The van der Waals surface area contributed by atoms with Crippen molar-refractivity contribution in [2.75, 3.05) is 6.54 Å². The van der Waals surface area contributed by atoms with Crippen LogP contribution in [0.5, 0.6) is 0 Å². The molecule has 1 aromatic rings. The molecular formula is C13H15F2NO4. The fourth-order valence-electron chi connectivity index (χ4n) is 1.54. The highest BCUT2D eigenvalue weighted by atomic mass is 19.1. The molecule has 1 amide bonds. The van der Waals surface area contributed by atoms with Gasteiger partial charge in [-0.05, 0) is 26.0 Å². The average molecular weight is 287 g/mol. The Morgan fingerprint density at radius 1 is 1.35 bits per heavy atom. The predicted octanol–water partition coefficient (Wildman–Crippen LogP) is 1.02. The quantitative estimate of drug-likeness (QED) is 0.754. The van der Waals surface area contributed by atoms with Gasteiger partial charge < -0.3 is 15.5 Å². The van der Waals surface area contributed by atoms with Crippen molar-refractivity contribution in [3.8, 4) is 0 Å². The van der Waals surface area contributed by atoms with E-state index >= 15 is 0 Å². The molecule has 5 nitrogen and oxygen atoms in total. The Hall–Kier alpha value is -2.02. The van der Waals surface area contributed by atoms with Crippen LogP contribution >= 0.6 is 0 Å². The number of hydrogen-bond donors (Lipinski definition) is 3. The Labute approximate surface area is 114 Å². The second kappa shape index (κ2) is 5.96. The molecule has 0 saturated heterocycles. The Morgan fingerprint density at radius 2 is 1.85 bits per heavy atom. The first kappa shape index (κ1) is 16.0. The van der Waals surface area contributed by atoms with Crippen LogP contribution < -0.4 is 5.32 Å². The monoisotopic (exact) mass is 287 g/mol. The van der Waals surface area contributed by atoms with Crippen LogP contribution in [0, 0.1) is 11.6 Å². The van der Waals surface area contributed by atoms with Crippen molar-refractivity contribution in [1.29, 1.82) is 0 Å². The normalized spacial score (nSPS) is 15.2. The van der Waals surface area contributed by atoms with Crippen LogP contribution in [-0.2, 0) is 9.59 Å². The largest absolute Gasteiger partial charge is 0.479 e. The first-order chi connectivity index (χ1) is 9.16.